The van der Waals surface area contributed by atoms with Gasteiger partial charge in [-0.2, -0.15) is 0 Å². The van der Waals surface area contributed by atoms with Gasteiger partial charge in [0.05, 0.1) is 0 Å². The van der Waals surface area contributed by atoms with Crippen LogP contribution in [0.1, 0.15) is 52.4 Å². The molecule has 0 saturated carbocycles. The van der Waals surface area contributed by atoms with Crippen molar-refractivity contribution in [2.24, 2.45) is 5.92 Å². The maximum absolute atomic E-state index is 11.6. The molecular weight excluding hydrogens is 200 g/mol. The van der Waals surface area contributed by atoms with Gasteiger partial charge in [-0.05, 0) is 51.6 Å². The lowest BCUT2D eigenvalue weighted by atomic mass is 9.93. The van der Waals surface area contributed by atoms with Crippen LogP contribution in [0.2, 0.25) is 0 Å². The predicted molar refractivity (Wildman–Crippen MR) is 67.3 cm³/mol. The minimum atomic E-state index is 0.236. The number of piperidine rings is 1. The van der Waals surface area contributed by atoms with Crippen molar-refractivity contribution in [1.29, 1.82) is 0 Å². The first-order valence-electron chi connectivity index (χ1n) is 6.72. The molecule has 1 atom stereocenters. The zero-order chi connectivity index (χ0) is 11.8. The number of carbonyl (C=O) groups is 1. The van der Waals surface area contributed by atoms with Crippen LogP contribution < -0.4 is 10.6 Å². The number of carbonyl (C=O) groups excluding carboxylic acids is 1. The SMILES string of the molecule is CCCC(C)NC(=O)CCC1CCNCC1. The minimum Gasteiger partial charge on any atom is -0.354 e. The summed E-state index contributed by atoms with van der Waals surface area (Å²) in [6, 6.07) is 0.338. The normalized spacial score (nSPS) is 19.4. The molecule has 1 heterocycles. The van der Waals surface area contributed by atoms with E-state index in [1.54, 1.807) is 0 Å². The Morgan fingerprint density at radius 3 is 2.75 bits per heavy atom. The van der Waals surface area contributed by atoms with Crippen LogP contribution in [-0.4, -0.2) is 25.0 Å². The Balaban J connectivity index is 2.09. The lowest BCUT2D eigenvalue weighted by molar-refractivity contribution is -0.122. The minimum absolute atomic E-state index is 0.236. The summed E-state index contributed by atoms with van der Waals surface area (Å²) in [7, 11) is 0. The van der Waals surface area contributed by atoms with Crippen LogP contribution in [0.5, 0.6) is 0 Å². The maximum atomic E-state index is 11.6. The molecule has 0 radical (unpaired) electrons. The molecule has 0 aromatic carbocycles. The van der Waals surface area contributed by atoms with Gasteiger partial charge in [-0.25, -0.2) is 0 Å². The van der Waals surface area contributed by atoms with E-state index in [2.05, 4.69) is 24.5 Å². The van der Waals surface area contributed by atoms with Gasteiger partial charge in [0.15, 0.2) is 0 Å². The number of rotatable bonds is 6. The molecule has 0 bridgehead atoms. The van der Waals surface area contributed by atoms with E-state index in [1.165, 1.54) is 12.8 Å². The van der Waals surface area contributed by atoms with Crippen LogP contribution in [-0.2, 0) is 4.79 Å². The highest BCUT2D eigenvalue weighted by Gasteiger charge is 2.14. The summed E-state index contributed by atoms with van der Waals surface area (Å²) in [5, 5.41) is 6.42. The topological polar surface area (TPSA) is 41.1 Å². The Kier molecular flexibility index (Phi) is 6.46. The number of amides is 1. The van der Waals surface area contributed by atoms with E-state index in [4.69, 9.17) is 0 Å². The molecule has 3 nitrogen and oxygen atoms in total. The first-order chi connectivity index (χ1) is 7.72. The van der Waals surface area contributed by atoms with Crippen molar-refractivity contribution in [2.45, 2.75) is 58.4 Å². The van der Waals surface area contributed by atoms with Gasteiger partial charge in [-0.3, -0.25) is 4.79 Å². The zero-order valence-electron chi connectivity index (χ0n) is 10.7. The molecule has 1 aliphatic heterocycles. The fourth-order valence-corrected chi connectivity index (χ4v) is 2.36. The molecule has 1 rings (SSSR count). The average molecular weight is 226 g/mol. The van der Waals surface area contributed by atoms with E-state index in [0.717, 1.165) is 38.3 Å². The summed E-state index contributed by atoms with van der Waals surface area (Å²) in [4.78, 5) is 11.6. The van der Waals surface area contributed by atoms with E-state index >= 15 is 0 Å². The van der Waals surface area contributed by atoms with Gasteiger partial charge in [0.25, 0.3) is 0 Å². The van der Waals surface area contributed by atoms with Crippen LogP contribution >= 0.6 is 0 Å². The second-order valence-corrected chi connectivity index (χ2v) is 4.99. The highest BCUT2D eigenvalue weighted by molar-refractivity contribution is 5.76. The summed E-state index contributed by atoms with van der Waals surface area (Å²) in [6.07, 6.45) is 6.45. The molecule has 1 aliphatic rings. The van der Waals surface area contributed by atoms with Gasteiger partial charge in [0.1, 0.15) is 0 Å². The molecule has 0 spiro atoms. The maximum Gasteiger partial charge on any atom is 0.220 e. The Morgan fingerprint density at radius 1 is 1.44 bits per heavy atom. The van der Waals surface area contributed by atoms with E-state index in [0.29, 0.717) is 12.5 Å². The summed E-state index contributed by atoms with van der Waals surface area (Å²) in [5.74, 6) is 0.993. The van der Waals surface area contributed by atoms with Crippen molar-refractivity contribution in [2.75, 3.05) is 13.1 Å². The second kappa shape index (κ2) is 7.66. The van der Waals surface area contributed by atoms with Gasteiger partial charge in [0.2, 0.25) is 5.91 Å². The largest absolute Gasteiger partial charge is 0.354 e. The van der Waals surface area contributed by atoms with Gasteiger partial charge < -0.3 is 10.6 Å². The first-order valence-corrected chi connectivity index (χ1v) is 6.72. The third-order valence-corrected chi connectivity index (χ3v) is 3.37. The fraction of sp³-hybridized carbons (Fsp3) is 0.923. The van der Waals surface area contributed by atoms with Gasteiger partial charge in [-0.15, -0.1) is 0 Å². The summed E-state index contributed by atoms with van der Waals surface area (Å²) >= 11 is 0. The molecule has 0 aliphatic carbocycles. The van der Waals surface area contributed by atoms with Crippen molar-refractivity contribution in [3.63, 3.8) is 0 Å². The molecule has 1 fully saturated rings. The van der Waals surface area contributed by atoms with E-state index < -0.39 is 0 Å². The van der Waals surface area contributed by atoms with Crippen molar-refractivity contribution < 1.29 is 4.79 Å². The average Bonchev–Trinajstić information content (AvgIpc) is 2.28. The van der Waals surface area contributed by atoms with Crippen molar-refractivity contribution >= 4 is 5.91 Å². The number of hydrogen-bond donors (Lipinski definition) is 2. The van der Waals surface area contributed by atoms with Gasteiger partial charge in [-0.1, -0.05) is 13.3 Å². The van der Waals surface area contributed by atoms with Crippen molar-refractivity contribution in [1.82, 2.24) is 10.6 Å². The van der Waals surface area contributed by atoms with Gasteiger partial charge in [0, 0.05) is 12.5 Å². The molecule has 2 N–H and O–H groups in total. The second-order valence-electron chi connectivity index (χ2n) is 4.99. The Morgan fingerprint density at radius 2 is 2.12 bits per heavy atom. The molecule has 16 heavy (non-hydrogen) atoms. The molecule has 0 aromatic heterocycles. The Labute approximate surface area is 99.4 Å². The fourth-order valence-electron chi connectivity index (χ4n) is 2.36. The zero-order valence-corrected chi connectivity index (χ0v) is 10.7. The monoisotopic (exact) mass is 226 g/mol. The van der Waals surface area contributed by atoms with Crippen LogP contribution in [0.3, 0.4) is 0 Å². The molecule has 94 valence electrons. The van der Waals surface area contributed by atoms with E-state index in [-0.39, 0.29) is 5.91 Å². The standard InChI is InChI=1S/C13H26N2O/c1-3-4-11(2)15-13(16)6-5-12-7-9-14-10-8-12/h11-12,14H,3-10H2,1-2H3,(H,15,16). The molecular formula is C13H26N2O. The lowest BCUT2D eigenvalue weighted by Gasteiger charge is -2.22. The van der Waals surface area contributed by atoms with Crippen LogP contribution in [0.15, 0.2) is 0 Å². The van der Waals surface area contributed by atoms with Crippen molar-refractivity contribution in [3.8, 4) is 0 Å². The Bertz CT molecular complexity index is 200. The highest BCUT2D eigenvalue weighted by Crippen LogP contribution is 2.17. The Hall–Kier alpha value is -0.570. The quantitative estimate of drug-likeness (QED) is 0.728. The molecule has 1 saturated heterocycles. The van der Waals surface area contributed by atoms with Gasteiger partial charge >= 0.3 is 0 Å². The van der Waals surface area contributed by atoms with Crippen LogP contribution in [0.4, 0.5) is 0 Å². The third-order valence-electron chi connectivity index (χ3n) is 3.37. The summed E-state index contributed by atoms with van der Waals surface area (Å²) in [5.41, 5.74) is 0. The van der Waals surface area contributed by atoms with Crippen LogP contribution in [0, 0.1) is 5.92 Å². The summed E-state index contributed by atoms with van der Waals surface area (Å²) < 4.78 is 0. The predicted octanol–water partition coefficient (Wildman–Crippen LogP) is 2.07. The smallest absolute Gasteiger partial charge is 0.220 e. The molecule has 1 unspecified atom stereocenters. The molecule has 1 amide bonds. The van der Waals surface area contributed by atoms with E-state index in [9.17, 15) is 4.79 Å². The third kappa shape index (κ3) is 5.50. The molecule has 0 aromatic rings. The number of nitrogens with one attached hydrogen (secondary N) is 2. The highest BCUT2D eigenvalue weighted by atomic mass is 16.1. The molecule has 3 heteroatoms. The van der Waals surface area contributed by atoms with Crippen molar-refractivity contribution in [3.05, 3.63) is 0 Å². The number of hydrogen-bond acceptors (Lipinski definition) is 2. The lowest BCUT2D eigenvalue weighted by Crippen LogP contribution is -2.33. The summed E-state index contributed by atoms with van der Waals surface area (Å²) in [6.45, 7) is 6.49. The van der Waals surface area contributed by atoms with Crippen LogP contribution in [0.25, 0.3) is 0 Å². The van der Waals surface area contributed by atoms with E-state index in [1.807, 2.05) is 0 Å². The first kappa shape index (κ1) is 13.5.